The predicted molar refractivity (Wildman–Crippen MR) is 120 cm³/mol. The number of hydrogen-bond donors (Lipinski definition) is 2. The lowest BCUT2D eigenvalue weighted by Gasteiger charge is -2.18. The molecule has 0 aliphatic rings. The molecule has 0 aliphatic heterocycles. The van der Waals surface area contributed by atoms with Gasteiger partial charge in [-0.2, -0.15) is 10.2 Å². The number of nitrogens with zero attached hydrogens (tertiary/aromatic N) is 5. The second-order valence-corrected chi connectivity index (χ2v) is 8.45. The van der Waals surface area contributed by atoms with Crippen LogP contribution in [-0.4, -0.2) is 35.1 Å². The van der Waals surface area contributed by atoms with Gasteiger partial charge in [-0.15, -0.1) is 0 Å². The van der Waals surface area contributed by atoms with E-state index in [1.54, 1.807) is 30.7 Å². The Balaban J connectivity index is 1.67. The van der Waals surface area contributed by atoms with E-state index >= 15 is 0 Å². The Morgan fingerprint density at radius 2 is 1.84 bits per heavy atom. The van der Waals surface area contributed by atoms with E-state index < -0.39 is 5.60 Å². The van der Waals surface area contributed by atoms with Crippen molar-refractivity contribution in [2.75, 3.05) is 0 Å². The minimum atomic E-state index is -0.995. The summed E-state index contributed by atoms with van der Waals surface area (Å²) in [6.07, 6.45) is 2.85. The summed E-state index contributed by atoms with van der Waals surface area (Å²) < 4.78 is 15.1. The highest BCUT2D eigenvalue weighted by Crippen LogP contribution is 2.29. The molecule has 7 nitrogen and oxygen atoms in total. The van der Waals surface area contributed by atoms with Crippen LogP contribution in [0.2, 0.25) is 0 Å². The Hall–Kier alpha value is -3.39. The van der Waals surface area contributed by atoms with Crippen molar-refractivity contribution in [2.24, 2.45) is 0 Å². The lowest BCUT2D eigenvalue weighted by Crippen LogP contribution is -2.18. The number of nitrogens with one attached hydrogen (secondary N) is 1. The molecule has 3 heterocycles. The van der Waals surface area contributed by atoms with Crippen molar-refractivity contribution in [1.82, 2.24) is 29.9 Å². The smallest absolute Gasteiger partial charge is 0.157 e. The van der Waals surface area contributed by atoms with Gasteiger partial charge in [0, 0.05) is 40.6 Å². The molecule has 4 aromatic rings. The van der Waals surface area contributed by atoms with Crippen LogP contribution in [0.25, 0.3) is 17.1 Å². The number of aliphatic hydroxyl groups is 1. The molecule has 0 amide bonds. The quantitative estimate of drug-likeness (QED) is 0.475. The van der Waals surface area contributed by atoms with Crippen LogP contribution in [0, 0.1) is 19.7 Å². The first kappa shape index (κ1) is 21.8. The number of halogens is 1. The second kappa shape index (κ2) is 8.27. The lowest BCUT2D eigenvalue weighted by molar-refractivity contribution is 0.0772. The van der Waals surface area contributed by atoms with Gasteiger partial charge in [-0.3, -0.25) is 5.10 Å². The van der Waals surface area contributed by atoms with Gasteiger partial charge in [0.1, 0.15) is 12.1 Å². The number of aromatic nitrogens is 6. The highest BCUT2D eigenvalue weighted by molar-refractivity contribution is 5.64. The zero-order valence-corrected chi connectivity index (χ0v) is 18.9. The third-order valence-electron chi connectivity index (χ3n) is 5.61. The highest BCUT2D eigenvalue weighted by atomic mass is 19.1. The number of hydrogen-bond acceptors (Lipinski definition) is 5. The monoisotopic (exact) mass is 434 g/mol. The molecular weight excluding hydrogens is 407 g/mol. The van der Waals surface area contributed by atoms with Crippen molar-refractivity contribution in [3.63, 3.8) is 0 Å². The lowest BCUT2D eigenvalue weighted by atomic mass is 9.96. The summed E-state index contributed by atoms with van der Waals surface area (Å²) in [6.45, 7) is 9.38. The molecule has 0 aliphatic carbocycles. The van der Waals surface area contributed by atoms with Crippen LogP contribution in [0.1, 0.15) is 54.7 Å². The van der Waals surface area contributed by atoms with E-state index in [4.69, 9.17) is 0 Å². The fourth-order valence-electron chi connectivity index (χ4n) is 4.31. The molecule has 4 rings (SSSR count). The van der Waals surface area contributed by atoms with Gasteiger partial charge in [-0.25, -0.2) is 19.0 Å². The molecular formula is C24H27FN6O. The van der Waals surface area contributed by atoms with Crippen LogP contribution >= 0.6 is 0 Å². The minimum absolute atomic E-state index is 0.270. The number of H-pyrrole nitrogens is 1. The van der Waals surface area contributed by atoms with E-state index in [9.17, 15) is 9.50 Å². The maximum atomic E-state index is 13.3. The van der Waals surface area contributed by atoms with Gasteiger partial charge in [0.2, 0.25) is 0 Å². The third-order valence-corrected chi connectivity index (χ3v) is 5.61. The molecule has 0 saturated carbocycles. The number of aryl methyl sites for hydroxylation is 1. The maximum absolute atomic E-state index is 13.3. The van der Waals surface area contributed by atoms with E-state index in [1.807, 2.05) is 19.9 Å². The summed E-state index contributed by atoms with van der Waals surface area (Å²) in [7, 11) is 0. The average Bonchev–Trinajstić information content (AvgIpc) is 3.28. The Kier molecular flexibility index (Phi) is 5.64. The Morgan fingerprint density at radius 3 is 2.47 bits per heavy atom. The molecule has 0 unspecified atom stereocenters. The first-order valence-electron chi connectivity index (χ1n) is 10.6. The molecule has 0 fully saturated rings. The van der Waals surface area contributed by atoms with Gasteiger partial charge >= 0.3 is 0 Å². The normalized spacial score (nSPS) is 11.8. The average molecular weight is 435 g/mol. The van der Waals surface area contributed by atoms with Crippen LogP contribution < -0.4 is 0 Å². The fourth-order valence-corrected chi connectivity index (χ4v) is 4.31. The van der Waals surface area contributed by atoms with Crippen LogP contribution in [-0.2, 0) is 18.4 Å². The molecule has 0 bridgehead atoms. The Labute approximate surface area is 186 Å². The van der Waals surface area contributed by atoms with Gasteiger partial charge in [0.15, 0.2) is 5.82 Å². The van der Waals surface area contributed by atoms with E-state index in [1.165, 1.54) is 18.5 Å². The fraction of sp³-hybridized carbons (Fsp3) is 0.333. The van der Waals surface area contributed by atoms with Crippen molar-refractivity contribution in [3.8, 4) is 17.1 Å². The molecule has 3 aromatic heterocycles. The number of aromatic amines is 1. The van der Waals surface area contributed by atoms with Gasteiger partial charge in [0.05, 0.1) is 22.7 Å². The van der Waals surface area contributed by atoms with E-state index in [0.29, 0.717) is 12.2 Å². The summed E-state index contributed by atoms with van der Waals surface area (Å²) in [5.74, 6) is 0.371. The summed E-state index contributed by atoms with van der Waals surface area (Å²) in [5.41, 5.74) is 5.95. The molecule has 0 atom stereocenters. The highest BCUT2D eigenvalue weighted by Gasteiger charge is 2.26. The Morgan fingerprint density at radius 1 is 1.12 bits per heavy atom. The van der Waals surface area contributed by atoms with Gasteiger partial charge in [-0.05, 0) is 58.4 Å². The first-order valence-corrected chi connectivity index (χ1v) is 10.6. The van der Waals surface area contributed by atoms with E-state index in [0.717, 1.165) is 51.6 Å². The van der Waals surface area contributed by atoms with Crippen LogP contribution in [0.5, 0.6) is 0 Å². The van der Waals surface area contributed by atoms with E-state index in [-0.39, 0.29) is 5.82 Å². The predicted octanol–water partition coefficient (Wildman–Crippen LogP) is 4.19. The van der Waals surface area contributed by atoms with E-state index in [2.05, 4.69) is 32.2 Å². The van der Waals surface area contributed by atoms with Crippen molar-refractivity contribution >= 4 is 0 Å². The molecule has 2 N–H and O–H groups in total. The number of benzene rings is 1. The zero-order valence-electron chi connectivity index (χ0n) is 18.9. The molecule has 1 aromatic carbocycles. The van der Waals surface area contributed by atoms with Gasteiger partial charge < -0.3 is 5.11 Å². The minimum Gasteiger partial charge on any atom is -0.386 e. The van der Waals surface area contributed by atoms with Crippen LogP contribution in [0.15, 0.2) is 36.7 Å². The standard InChI is InChI=1S/C24H27FN6O/c1-6-19-20(28-29-23(19)16-7-9-17(25)10-8-16)11-18-12-21(27-13-26-18)31-15(3)22(14(2)30-31)24(4,5)32/h7-10,12-13,32H,6,11H2,1-5H3,(H,28,29). The summed E-state index contributed by atoms with van der Waals surface area (Å²) >= 11 is 0. The summed E-state index contributed by atoms with van der Waals surface area (Å²) in [6, 6.07) is 8.25. The van der Waals surface area contributed by atoms with Crippen LogP contribution in [0.3, 0.4) is 0 Å². The van der Waals surface area contributed by atoms with Crippen LogP contribution in [0.4, 0.5) is 4.39 Å². The zero-order chi connectivity index (χ0) is 23.0. The second-order valence-electron chi connectivity index (χ2n) is 8.45. The molecule has 0 spiro atoms. The molecule has 32 heavy (non-hydrogen) atoms. The van der Waals surface area contributed by atoms with Crippen molar-refractivity contribution in [3.05, 3.63) is 76.4 Å². The molecule has 8 heteroatoms. The van der Waals surface area contributed by atoms with Gasteiger partial charge in [0.25, 0.3) is 0 Å². The molecule has 166 valence electrons. The largest absolute Gasteiger partial charge is 0.386 e. The SMILES string of the molecule is CCc1c(-c2ccc(F)cc2)n[nH]c1Cc1cc(-n2nc(C)c(C(C)(C)O)c2C)ncn1. The number of rotatable bonds is 6. The summed E-state index contributed by atoms with van der Waals surface area (Å²) in [5, 5.41) is 22.7. The summed E-state index contributed by atoms with van der Waals surface area (Å²) in [4.78, 5) is 8.84. The molecule has 0 radical (unpaired) electrons. The topological polar surface area (TPSA) is 92.5 Å². The van der Waals surface area contributed by atoms with Crippen molar-refractivity contribution in [1.29, 1.82) is 0 Å². The first-order chi connectivity index (χ1) is 15.2. The molecule has 0 saturated heterocycles. The maximum Gasteiger partial charge on any atom is 0.157 e. The third kappa shape index (κ3) is 4.05. The van der Waals surface area contributed by atoms with Gasteiger partial charge in [-0.1, -0.05) is 6.92 Å². The Bertz CT molecular complexity index is 1250. The van der Waals surface area contributed by atoms with Crippen molar-refractivity contribution in [2.45, 2.75) is 53.1 Å². The van der Waals surface area contributed by atoms with Crippen molar-refractivity contribution < 1.29 is 9.50 Å².